The minimum atomic E-state index is -0.102. The van der Waals surface area contributed by atoms with Gasteiger partial charge in [-0.05, 0) is 19.9 Å². The first-order valence-corrected chi connectivity index (χ1v) is 5.78. The fourth-order valence-corrected chi connectivity index (χ4v) is 1.83. The average Bonchev–Trinajstić information content (AvgIpc) is 2.35. The molecule has 0 unspecified atom stereocenters. The number of benzene rings is 1. The summed E-state index contributed by atoms with van der Waals surface area (Å²) in [5.41, 5.74) is 0.964. The van der Waals surface area contributed by atoms with Crippen LogP contribution < -0.4 is 10.2 Å². The van der Waals surface area contributed by atoms with E-state index < -0.39 is 0 Å². The molecule has 1 heterocycles. The molecule has 0 saturated carbocycles. The van der Waals surface area contributed by atoms with Crippen LogP contribution >= 0.6 is 0 Å². The SMILES string of the molecule is CC#Cc1cc(OCOC)cc2oc(C)cc(=O)c12. The summed E-state index contributed by atoms with van der Waals surface area (Å²) in [5.74, 6) is 6.79. The zero-order chi connectivity index (χ0) is 13.8. The summed E-state index contributed by atoms with van der Waals surface area (Å²) in [6, 6.07) is 4.84. The van der Waals surface area contributed by atoms with Crippen molar-refractivity contribution in [1.29, 1.82) is 0 Å². The molecule has 0 spiro atoms. The average molecular weight is 258 g/mol. The molecule has 4 nitrogen and oxygen atoms in total. The van der Waals surface area contributed by atoms with Gasteiger partial charge in [0.25, 0.3) is 0 Å². The van der Waals surface area contributed by atoms with Crippen LogP contribution in [-0.2, 0) is 4.74 Å². The van der Waals surface area contributed by atoms with Gasteiger partial charge in [0, 0.05) is 24.8 Å². The van der Waals surface area contributed by atoms with Crippen molar-refractivity contribution in [2.45, 2.75) is 13.8 Å². The van der Waals surface area contributed by atoms with E-state index in [4.69, 9.17) is 13.9 Å². The Morgan fingerprint density at radius 2 is 2.11 bits per heavy atom. The third-order valence-electron chi connectivity index (χ3n) is 2.53. The monoisotopic (exact) mass is 258 g/mol. The molecule has 1 aromatic heterocycles. The zero-order valence-corrected chi connectivity index (χ0v) is 11.1. The summed E-state index contributed by atoms with van der Waals surface area (Å²) < 4.78 is 15.8. The van der Waals surface area contributed by atoms with Gasteiger partial charge in [-0.3, -0.25) is 4.79 Å². The Hall–Kier alpha value is -2.25. The van der Waals surface area contributed by atoms with Crippen LogP contribution in [0.1, 0.15) is 18.2 Å². The summed E-state index contributed by atoms with van der Waals surface area (Å²) in [6.07, 6.45) is 0. The number of aryl methyl sites for hydroxylation is 1. The van der Waals surface area contributed by atoms with Crippen LogP contribution in [0.2, 0.25) is 0 Å². The van der Waals surface area contributed by atoms with Crippen LogP contribution in [0.25, 0.3) is 11.0 Å². The lowest BCUT2D eigenvalue weighted by Crippen LogP contribution is -2.04. The molecule has 1 aromatic carbocycles. The molecule has 2 rings (SSSR count). The van der Waals surface area contributed by atoms with E-state index in [1.54, 1.807) is 26.0 Å². The van der Waals surface area contributed by atoms with Gasteiger partial charge in [0.2, 0.25) is 0 Å². The van der Waals surface area contributed by atoms with Gasteiger partial charge in [0.05, 0.1) is 5.39 Å². The molecule has 0 saturated heterocycles. The van der Waals surface area contributed by atoms with Crippen LogP contribution in [0.3, 0.4) is 0 Å². The Balaban J connectivity index is 2.71. The lowest BCUT2D eigenvalue weighted by Gasteiger charge is -2.07. The minimum absolute atomic E-state index is 0.102. The molecule has 0 aliphatic heterocycles. The van der Waals surface area contributed by atoms with E-state index in [0.29, 0.717) is 28.0 Å². The predicted molar refractivity (Wildman–Crippen MR) is 72.3 cm³/mol. The topological polar surface area (TPSA) is 48.7 Å². The van der Waals surface area contributed by atoms with Crippen molar-refractivity contribution >= 4 is 11.0 Å². The Morgan fingerprint density at radius 3 is 2.79 bits per heavy atom. The molecule has 19 heavy (non-hydrogen) atoms. The second-order valence-electron chi connectivity index (χ2n) is 3.99. The number of hydrogen-bond donors (Lipinski definition) is 0. The molecular weight excluding hydrogens is 244 g/mol. The van der Waals surface area contributed by atoms with Crippen molar-refractivity contribution in [3.05, 3.63) is 39.7 Å². The zero-order valence-electron chi connectivity index (χ0n) is 11.1. The van der Waals surface area contributed by atoms with E-state index in [1.807, 2.05) is 0 Å². The van der Waals surface area contributed by atoms with Crippen molar-refractivity contribution in [3.8, 4) is 17.6 Å². The highest BCUT2D eigenvalue weighted by molar-refractivity contribution is 5.85. The largest absolute Gasteiger partial charge is 0.467 e. The molecule has 2 aromatic rings. The number of rotatable bonds is 3. The van der Waals surface area contributed by atoms with Gasteiger partial charge in [-0.2, -0.15) is 0 Å². The van der Waals surface area contributed by atoms with Crippen LogP contribution in [0.15, 0.2) is 27.4 Å². The number of ether oxygens (including phenoxy) is 2. The second kappa shape index (κ2) is 5.59. The summed E-state index contributed by atoms with van der Waals surface area (Å²) >= 11 is 0. The molecule has 0 aliphatic carbocycles. The number of fused-ring (bicyclic) bond motifs is 1. The summed E-state index contributed by atoms with van der Waals surface area (Å²) in [5, 5.41) is 0.477. The number of hydrogen-bond acceptors (Lipinski definition) is 4. The molecular formula is C15H14O4. The van der Waals surface area contributed by atoms with Crippen LogP contribution in [0.5, 0.6) is 5.75 Å². The Kier molecular flexibility index (Phi) is 3.88. The third kappa shape index (κ3) is 2.78. The first kappa shape index (κ1) is 13.2. The van der Waals surface area contributed by atoms with Crippen molar-refractivity contribution in [2.24, 2.45) is 0 Å². The fraction of sp³-hybridized carbons (Fsp3) is 0.267. The summed E-state index contributed by atoms with van der Waals surface area (Å²) in [4.78, 5) is 12.0. The second-order valence-corrected chi connectivity index (χ2v) is 3.99. The highest BCUT2D eigenvalue weighted by Gasteiger charge is 2.10. The number of methoxy groups -OCH3 is 1. The maximum Gasteiger partial charge on any atom is 0.194 e. The van der Waals surface area contributed by atoms with E-state index in [-0.39, 0.29) is 12.2 Å². The van der Waals surface area contributed by atoms with E-state index in [1.165, 1.54) is 13.2 Å². The van der Waals surface area contributed by atoms with Gasteiger partial charge in [-0.15, -0.1) is 5.92 Å². The van der Waals surface area contributed by atoms with Crippen LogP contribution in [0, 0.1) is 18.8 Å². The van der Waals surface area contributed by atoms with E-state index in [9.17, 15) is 4.79 Å². The maximum absolute atomic E-state index is 12.0. The Labute approximate surface area is 110 Å². The van der Waals surface area contributed by atoms with Crippen molar-refractivity contribution < 1.29 is 13.9 Å². The van der Waals surface area contributed by atoms with Crippen molar-refractivity contribution in [3.63, 3.8) is 0 Å². The Morgan fingerprint density at radius 1 is 1.32 bits per heavy atom. The predicted octanol–water partition coefficient (Wildman–Crippen LogP) is 2.46. The minimum Gasteiger partial charge on any atom is -0.467 e. The molecule has 0 atom stereocenters. The van der Waals surface area contributed by atoms with E-state index in [0.717, 1.165) is 0 Å². The van der Waals surface area contributed by atoms with E-state index in [2.05, 4.69) is 11.8 Å². The molecule has 0 bridgehead atoms. The van der Waals surface area contributed by atoms with Gasteiger partial charge < -0.3 is 13.9 Å². The standard InChI is InChI=1S/C15H14O4/c1-4-5-11-7-12(18-9-17-3)8-14-15(11)13(16)6-10(2)19-14/h6-8H,9H2,1-3H3. The lowest BCUT2D eigenvalue weighted by atomic mass is 10.1. The van der Waals surface area contributed by atoms with Gasteiger partial charge in [0.1, 0.15) is 17.1 Å². The maximum atomic E-state index is 12.0. The van der Waals surface area contributed by atoms with Gasteiger partial charge >= 0.3 is 0 Å². The van der Waals surface area contributed by atoms with Gasteiger partial charge in [-0.1, -0.05) is 5.92 Å². The van der Waals surface area contributed by atoms with Gasteiger partial charge in [-0.25, -0.2) is 0 Å². The first-order chi connectivity index (χ1) is 9.15. The normalized spacial score (nSPS) is 10.1. The molecule has 0 amide bonds. The molecule has 0 aliphatic rings. The van der Waals surface area contributed by atoms with Crippen LogP contribution in [0.4, 0.5) is 0 Å². The lowest BCUT2D eigenvalue weighted by molar-refractivity contribution is 0.0511. The van der Waals surface area contributed by atoms with Crippen molar-refractivity contribution in [2.75, 3.05) is 13.9 Å². The third-order valence-corrected chi connectivity index (χ3v) is 2.53. The molecule has 4 heteroatoms. The fourth-order valence-electron chi connectivity index (χ4n) is 1.83. The first-order valence-electron chi connectivity index (χ1n) is 5.78. The quantitative estimate of drug-likeness (QED) is 0.626. The van der Waals surface area contributed by atoms with E-state index >= 15 is 0 Å². The van der Waals surface area contributed by atoms with Crippen molar-refractivity contribution in [1.82, 2.24) is 0 Å². The molecule has 98 valence electrons. The Bertz CT molecular complexity index is 716. The molecule has 0 N–H and O–H groups in total. The highest BCUT2D eigenvalue weighted by atomic mass is 16.7. The van der Waals surface area contributed by atoms with Gasteiger partial charge in [0.15, 0.2) is 12.2 Å². The highest BCUT2D eigenvalue weighted by Crippen LogP contribution is 2.23. The molecule has 0 fully saturated rings. The summed E-state index contributed by atoms with van der Waals surface area (Å²) in [7, 11) is 1.54. The van der Waals surface area contributed by atoms with Crippen LogP contribution in [-0.4, -0.2) is 13.9 Å². The molecule has 0 radical (unpaired) electrons. The summed E-state index contributed by atoms with van der Waals surface area (Å²) in [6.45, 7) is 3.57. The smallest absolute Gasteiger partial charge is 0.194 e.